The molecule has 0 spiro atoms. The summed E-state index contributed by atoms with van der Waals surface area (Å²) in [5.41, 5.74) is 2.99. The molecule has 0 aliphatic carbocycles. The maximum atomic E-state index is 12.5. The smallest absolute Gasteiger partial charge is 0.327 e. The summed E-state index contributed by atoms with van der Waals surface area (Å²) in [6, 6.07) is 4.99. The zero-order chi connectivity index (χ0) is 14.1. The van der Waals surface area contributed by atoms with Gasteiger partial charge in [-0.3, -0.25) is 4.79 Å². The Morgan fingerprint density at radius 3 is 3.00 bits per heavy atom. The number of hydrogen-bond donors (Lipinski definition) is 2. The maximum Gasteiger partial charge on any atom is 0.327 e. The van der Waals surface area contributed by atoms with Crippen LogP contribution in [0.25, 0.3) is 0 Å². The molecule has 106 valence electrons. The zero-order valence-corrected chi connectivity index (χ0v) is 11.8. The molecule has 1 unspecified atom stereocenters. The van der Waals surface area contributed by atoms with E-state index in [2.05, 4.69) is 5.32 Å². The standard InChI is InChI=1S/C14H16N2O3S/c17-13(16-8-20-7-12(16)14(18)19)10-2-1-9-3-4-15-6-11(9)5-10/h1-2,5,12,15H,3-4,6-8H2,(H,18,19). The molecule has 0 saturated carbocycles. The lowest BCUT2D eigenvalue weighted by Gasteiger charge is -2.22. The van der Waals surface area contributed by atoms with Crippen LogP contribution in [0.15, 0.2) is 18.2 Å². The van der Waals surface area contributed by atoms with Crippen LogP contribution in [0.1, 0.15) is 21.5 Å². The van der Waals surface area contributed by atoms with Crippen LogP contribution in [0.4, 0.5) is 0 Å². The first-order valence-corrected chi connectivity index (χ1v) is 7.76. The molecule has 20 heavy (non-hydrogen) atoms. The number of hydrogen-bond acceptors (Lipinski definition) is 4. The van der Waals surface area contributed by atoms with Crippen LogP contribution < -0.4 is 5.32 Å². The Hall–Kier alpha value is -1.53. The number of carboxylic acid groups (broad SMARTS) is 1. The van der Waals surface area contributed by atoms with Crippen LogP contribution in [-0.2, 0) is 17.8 Å². The fraction of sp³-hybridized carbons (Fsp3) is 0.429. The van der Waals surface area contributed by atoms with E-state index in [1.165, 1.54) is 22.2 Å². The van der Waals surface area contributed by atoms with Gasteiger partial charge in [0.05, 0.1) is 5.88 Å². The van der Waals surface area contributed by atoms with Gasteiger partial charge >= 0.3 is 5.97 Å². The number of amides is 1. The van der Waals surface area contributed by atoms with Crippen molar-refractivity contribution in [3.8, 4) is 0 Å². The van der Waals surface area contributed by atoms with Gasteiger partial charge < -0.3 is 15.3 Å². The molecule has 1 aromatic rings. The number of carbonyl (C=O) groups excluding carboxylic acids is 1. The molecule has 1 aromatic carbocycles. The molecule has 0 aromatic heterocycles. The molecule has 1 fully saturated rings. The molecule has 1 atom stereocenters. The normalized spacial score (nSPS) is 21.6. The van der Waals surface area contributed by atoms with Crippen LogP contribution in [0.5, 0.6) is 0 Å². The third kappa shape index (κ3) is 2.41. The predicted molar refractivity (Wildman–Crippen MR) is 76.8 cm³/mol. The van der Waals surface area contributed by atoms with E-state index in [1.807, 2.05) is 18.2 Å². The van der Waals surface area contributed by atoms with Gasteiger partial charge in [0.15, 0.2) is 0 Å². The Morgan fingerprint density at radius 2 is 2.20 bits per heavy atom. The lowest BCUT2D eigenvalue weighted by molar-refractivity contribution is -0.140. The van der Waals surface area contributed by atoms with Crippen molar-refractivity contribution in [1.29, 1.82) is 0 Å². The van der Waals surface area contributed by atoms with Gasteiger partial charge in [-0.15, -0.1) is 11.8 Å². The minimum atomic E-state index is -0.928. The minimum Gasteiger partial charge on any atom is -0.480 e. The van der Waals surface area contributed by atoms with Gasteiger partial charge in [0.1, 0.15) is 6.04 Å². The van der Waals surface area contributed by atoms with E-state index in [9.17, 15) is 9.59 Å². The van der Waals surface area contributed by atoms with E-state index in [0.29, 0.717) is 17.2 Å². The Bertz CT molecular complexity index is 561. The molecule has 2 aliphatic heterocycles. The highest BCUT2D eigenvalue weighted by Crippen LogP contribution is 2.24. The molecular weight excluding hydrogens is 276 g/mol. The third-order valence-electron chi connectivity index (χ3n) is 3.77. The van der Waals surface area contributed by atoms with Crippen molar-refractivity contribution in [3.05, 3.63) is 34.9 Å². The lowest BCUT2D eigenvalue weighted by atomic mass is 9.98. The summed E-state index contributed by atoms with van der Waals surface area (Å²) >= 11 is 1.48. The van der Waals surface area contributed by atoms with Crippen molar-refractivity contribution in [2.24, 2.45) is 0 Å². The molecule has 2 heterocycles. The van der Waals surface area contributed by atoms with Gasteiger partial charge in [-0.25, -0.2) is 4.79 Å². The van der Waals surface area contributed by atoms with Crippen LogP contribution in [0, 0.1) is 0 Å². The highest BCUT2D eigenvalue weighted by molar-refractivity contribution is 7.99. The molecule has 0 bridgehead atoms. The number of aliphatic carboxylic acids is 1. The fourth-order valence-corrected chi connectivity index (χ4v) is 3.77. The number of carboxylic acids is 1. The summed E-state index contributed by atoms with van der Waals surface area (Å²) in [5.74, 6) is -0.197. The van der Waals surface area contributed by atoms with Gasteiger partial charge in [-0.05, 0) is 36.2 Å². The first-order chi connectivity index (χ1) is 9.66. The second kappa shape index (κ2) is 5.46. The molecule has 2 aliphatic rings. The summed E-state index contributed by atoms with van der Waals surface area (Å²) in [6.45, 7) is 1.73. The molecule has 5 nitrogen and oxygen atoms in total. The maximum absolute atomic E-state index is 12.5. The topological polar surface area (TPSA) is 69.6 Å². The van der Waals surface area contributed by atoms with E-state index >= 15 is 0 Å². The predicted octanol–water partition coefficient (Wildman–Crippen LogP) is 0.932. The highest BCUT2D eigenvalue weighted by Gasteiger charge is 2.35. The summed E-state index contributed by atoms with van der Waals surface area (Å²) < 4.78 is 0. The Morgan fingerprint density at radius 1 is 1.35 bits per heavy atom. The highest BCUT2D eigenvalue weighted by atomic mass is 32.2. The van der Waals surface area contributed by atoms with Crippen molar-refractivity contribution < 1.29 is 14.7 Å². The quantitative estimate of drug-likeness (QED) is 0.849. The second-order valence-electron chi connectivity index (χ2n) is 5.04. The number of rotatable bonds is 2. The van der Waals surface area contributed by atoms with E-state index in [0.717, 1.165) is 25.1 Å². The average molecular weight is 292 g/mol. The first-order valence-electron chi connectivity index (χ1n) is 6.61. The van der Waals surface area contributed by atoms with Gasteiger partial charge in [0.25, 0.3) is 5.91 Å². The monoisotopic (exact) mass is 292 g/mol. The number of benzene rings is 1. The molecular formula is C14H16N2O3S. The van der Waals surface area contributed by atoms with Crippen LogP contribution >= 0.6 is 11.8 Å². The van der Waals surface area contributed by atoms with E-state index in [1.54, 1.807) is 0 Å². The van der Waals surface area contributed by atoms with Crippen molar-refractivity contribution >= 4 is 23.6 Å². The number of fused-ring (bicyclic) bond motifs is 1. The molecule has 3 rings (SSSR count). The summed E-state index contributed by atoms with van der Waals surface area (Å²) in [7, 11) is 0. The van der Waals surface area contributed by atoms with E-state index in [-0.39, 0.29) is 5.91 Å². The molecule has 1 saturated heterocycles. The van der Waals surface area contributed by atoms with E-state index in [4.69, 9.17) is 5.11 Å². The molecule has 0 radical (unpaired) electrons. The number of nitrogens with zero attached hydrogens (tertiary/aromatic N) is 1. The van der Waals surface area contributed by atoms with Gasteiger partial charge in [0, 0.05) is 17.9 Å². The molecule has 6 heteroatoms. The number of thioether (sulfide) groups is 1. The molecule has 2 N–H and O–H groups in total. The van der Waals surface area contributed by atoms with Crippen molar-refractivity contribution in [2.75, 3.05) is 18.2 Å². The van der Waals surface area contributed by atoms with E-state index < -0.39 is 12.0 Å². The number of carbonyl (C=O) groups is 2. The lowest BCUT2D eigenvalue weighted by Crippen LogP contribution is -2.41. The van der Waals surface area contributed by atoms with Gasteiger partial charge in [-0.2, -0.15) is 0 Å². The van der Waals surface area contributed by atoms with Crippen LogP contribution in [0.2, 0.25) is 0 Å². The van der Waals surface area contributed by atoms with Crippen LogP contribution in [-0.4, -0.2) is 46.1 Å². The Balaban J connectivity index is 1.85. The Labute approximate surface area is 121 Å². The van der Waals surface area contributed by atoms with Crippen molar-refractivity contribution in [2.45, 2.75) is 19.0 Å². The molecule has 1 amide bonds. The largest absolute Gasteiger partial charge is 0.480 e. The Kier molecular flexibility index (Phi) is 3.67. The fourth-order valence-electron chi connectivity index (χ4n) is 2.63. The summed E-state index contributed by atoms with van der Waals surface area (Å²) in [4.78, 5) is 25.1. The third-order valence-corrected chi connectivity index (χ3v) is 4.78. The summed E-state index contributed by atoms with van der Waals surface area (Å²) in [5, 5.41) is 12.4. The second-order valence-corrected chi connectivity index (χ2v) is 6.04. The first kappa shape index (κ1) is 13.5. The van der Waals surface area contributed by atoms with Crippen molar-refractivity contribution in [3.63, 3.8) is 0 Å². The number of nitrogens with one attached hydrogen (secondary N) is 1. The SMILES string of the molecule is O=C(O)C1CSCN1C(=O)c1ccc2c(c1)CNCC2. The average Bonchev–Trinajstić information content (AvgIpc) is 2.95. The van der Waals surface area contributed by atoms with Crippen LogP contribution in [0.3, 0.4) is 0 Å². The zero-order valence-electron chi connectivity index (χ0n) is 11.0. The summed E-state index contributed by atoms with van der Waals surface area (Å²) in [6.07, 6.45) is 0.973. The van der Waals surface area contributed by atoms with Crippen molar-refractivity contribution in [1.82, 2.24) is 10.2 Å². The van der Waals surface area contributed by atoms with Gasteiger partial charge in [-0.1, -0.05) is 6.07 Å². The van der Waals surface area contributed by atoms with Gasteiger partial charge in [0.2, 0.25) is 0 Å². The minimum absolute atomic E-state index is 0.184.